The minimum Gasteiger partial charge on any atom is -0.486 e. The van der Waals surface area contributed by atoms with Crippen molar-refractivity contribution >= 4 is 29.0 Å². The molecule has 0 radical (unpaired) electrons. The van der Waals surface area contributed by atoms with Gasteiger partial charge in [0.25, 0.3) is 0 Å². The lowest BCUT2D eigenvalue weighted by atomic mass is 10.2. The van der Waals surface area contributed by atoms with Crippen LogP contribution in [0.15, 0.2) is 46.9 Å². The third-order valence-electron chi connectivity index (χ3n) is 4.44. The molecule has 0 saturated carbocycles. The molecule has 10 heteroatoms. The first-order chi connectivity index (χ1) is 14.2. The molecule has 1 atom stereocenters. The molecule has 3 aromatic rings. The predicted molar refractivity (Wildman–Crippen MR) is 111 cm³/mol. The molecule has 1 aliphatic heterocycles. The van der Waals surface area contributed by atoms with Crippen molar-refractivity contribution in [3.05, 3.63) is 46.7 Å². The Balaban J connectivity index is 1.25. The molecule has 1 amide bonds. The summed E-state index contributed by atoms with van der Waals surface area (Å²) in [5.41, 5.74) is 0. The van der Waals surface area contributed by atoms with Crippen LogP contribution in [0.4, 0.5) is 0 Å². The van der Waals surface area contributed by atoms with Crippen LogP contribution in [0, 0.1) is 0 Å². The molecule has 1 aromatic carbocycles. The fraction of sp³-hybridized carbons (Fsp3) is 0.368. The van der Waals surface area contributed by atoms with E-state index in [2.05, 4.69) is 27.0 Å². The van der Waals surface area contributed by atoms with Gasteiger partial charge in [0.1, 0.15) is 6.61 Å². The number of carbonyl (C=O) groups excluding carboxylic acids is 1. The maximum absolute atomic E-state index is 12.5. The molecule has 0 bridgehead atoms. The third kappa shape index (κ3) is 5.07. The van der Waals surface area contributed by atoms with E-state index in [1.165, 1.54) is 16.6 Å². The summed E-state index contributed by atoms with van der Waals surface area (Å²) in [7, 11) is 1.77. The standard InChI is InChI=1S/C19H21N5O3S2/c1-23(11-14-12-26-16-6-2-3-7-17(16)27-14)18(25)13-29-19-20-21-22-24(19)9-8-15-5-4-10-28-15/h2-7,10,14H,8-9,11-13H2,1H3. The molecule has 4 rings (SSSR count). The van der Waals surface area contributed by atoms with E-state index in [1.807, 2.05) is 30.3 Å². The van der Waals surface area contributed by atoms with Crippen molar-refractivity contribution in [3.63, 3.8) is 0 Å². The number of aromatic nitrogens is 4. The summed E-state index contributed by atoms with van der Waals surface area (Å²) in [5.74, 6) is 1.71. The number of thiophene rings is 1. The Hall–Kier alpha value is -2.59. The molecule has 1 unspecified atom stereocenters. The second-order valence-electron chi connectivity index (χ2n) is 6.57. The lowest BCUT2D eigenvalue weighted by Crippen LogP contribution is -2.42. The zero-order chi connectivity index (χ0) is 20.1. The number of nitrogens with zero attached hydrogens (tertiary/aromatic N) is 5. The molecule has 0 aliphatic carbocycles. The Morgan fingerprint density at radius 2 is 2.17 bits per heavy atom. The maximum atomic E-state index is 12.5. The number of rotatable bonds is 8. The zero-order valence-corrected chi connectivity index (χ0v) is 17.6. The number of hydrogen-bond donors (Lipinski definition) is 0. The Labute approximate surface area is 176 Å². The summed E-state index contributed by atoms with van der Waals surface area (Å²) in [4.78, 5) is 15.5. The van der Waals surface area contributed by atoms with E-state index in [0.29, 0.717) is 30.6 Å². The van der Waals surface area contributed by atoms with Gasteiger partial charge in [-0.2, -0.15) is 0 Å². The van der Waals surface area contributed by atoms with Crippen LogP contribution in [0.25, 0.3) is 0 Å². The predicted octanol–water partition coefficient (Wildman–Crippen LogP) is 2.37. The SMILES string of the molecule is CN(CC1COc2ccccc2O1)C(=O)CSc1nnnn1CCc1cccs1. The number of para-hydroxylation sites is 2. The van der Waals surface area contributed by atoms with Crippen LogP contribution in [0.5, 0.6) is 11.5 Å². The van der Waals surface area contributed by atoms with Gasteiger partial charge in [-0.1, -0.05) is 30.0 Å². The van der Waals surface area contributed by atoms with Crippen molar-refractivity contribution in [2.75, 3.05) is 26.0 Å². The van der Waals surface area contributed by atoms with E-state index in [9.17, 15) is 4.79 Å². The smallest absolute Gasteiger partial charge is 0.232 e. The number of aryl methyl sites for hydroxylation is 2. The molecule has 3 heterocycles. The fourth-order valence-corrected chi connectivity index (χ4v) is 4.45. The highest BCUT2D eigenvalue weighted by Gasteiger charge is 2.24. The minimum absolute atomic E-state index is 0.00901. The molecule has 0 spiro atoms. The van der Waals surface area contributed by atoms with Gasteiger partial charge in [0.05, 0.1) is 18.8 Å². The Morgan fingerprint density at radius 3 is 3.00 bits per heavy atom. The Bertz CT molecular complexity index is 947. The zero-order valence-electron chi connectivity index (χ0n) is 15.9. The van der Waals surface area contributed by atoms with E-state index in [0.717, 1.165) is 12.2 Å². The van der Waals surface area contributed by atoms with Gasteiger partial charge < -0.3 is 14.4 Å². The molecule has 1 aliphatic rings. The van der Waals surface area contributed by atoms with Crippen LogP contribution in [0.3, 0.4) is 0 Å². The van der Waals surface area contributed by atoms with Gasteiger partial charge >= 0.3 is 0 Å². The van der Waals surface area contributed by atoms with Gasteiger partial charge in [-0.3, -0.25) is 4.79 Å². The molecule has 29 heavy (non-hydrogen) atoms. The lowest BCUT2D eigenvalue weighted by Gasteiger charge is -2.29. The highest BCUT2D eigenvalue weighted by Crippen LogP contribution is 2.31. The first kappa shape index (κ1) is 19.7. The first-order valence-corrected chi connectivity index (χ1v) is 11.1. The summed E-state index contributed by atoms with van der Waals surface area (Å²) >= 11 is 3.06. The summed E-state index contributed by atoms with van der Waals surface area (Å²) in [6, 6.07) is 11.7. The van der Waals surface area contributed by atoms with Gasteiger partial charge in [-0.15, -0.1) is 16.4 Å². The van der Waals surface area contributed by atoms with Crippen molar-refractivity contribution in [1.29, 1.82) is 0 Å². The van der Waals surface area contributed by atoms with E-state index in [-0.39, 0.29) is 17.8 Å². The van der Waals surface area contributed by atoms with Crippen molar-refractivity contribution < 1.29 is 14.3 Å². The van der Waals surface area contributed by atoms with Crippen LogP contribution in [-0.4, -0.2) is 63.1 Å². The van der Waals surface area contributed by atoms with Crippen LogP contribution >= 0.6 is 23.1 Å². The number of tetrazole rings is 1. The highest BCUT2D eigenvalue weighted by atomic mass is 32.2. The number of benzene rings is 1. The van der Waals surface area contributed by atoms with Crippen molar-refractivity contribution in [3.8, 4) is 11.5 Å². The van der Waals surface area contributed by atoms with E-state index in [1.54, 1.807) is 28.0 Å². The van der Waals surface area contributed by atoms with E-state index < -0.39 is 0 Å². The fourth-order valence-electron chi connectivity index (χ4n) is 2.91. The van der Waals surface area contributed by atoms with Gasteiger partial charge in [-0.05, 0) is 34.0 Å². The number of ether oxygens (including phenoxy) is 2. The van der Waals surface area contributed by atoms with Crippen LogP contribution in [0.1, 0.15) is 4.88 Å². The largest absolute Gasteiger partial charge is 0.486 e. The first-order valence-electron chi connectivity index (χ1n) is 9.23. The van der Waals surface area contributed by atoms with Crippen molar-refractivity contribution in [1.82, 2.24) is 25.1 Å². The number of fused-ring (bicyclic) bond motifs is 1. The van der Waals surface area contributed by atoms with Crippen molar-refractivity contribution in [2.24, 2.45) is 0 Å². The topological polar surface area (TPSA) is 82.4 Å². The van der Waals surface area contributed by atoms with Gasteiger partial charge in [0.15, 0.2) is 17.6 Å². The van der Waals surface area contributed by atoms with Gasteiger partial charge in [0, 0.05) is 18.3 Å². The molecule has 0 fully saturated rings. The summed E-state index contributed by atoms with van der Waals surface area (Å²) in [5, 5.41) is 14.5. The number of amides is 1. The molecule has 0 N–H and O–H groups in total. The van der Waals surface area contributed by atoms with E-state index >= 15 is 0 Å². The maximum Gasteiger partial charge on any atom is 0.232 e. The third-order valence-corrected chi connectivity index (χ3v) is 6.32. The minimum atomic E-state index is -0.194. The average molecular weight is 432 g/mol. The molecule has 0 saturated heterocycles. The summed E-state index contributed by atoms with van der Waals surface area (Å²) in [6.45, 7) is 1.56. The Kier molecular flexibility index (Phi) is 6.30. The number of hydrogen-bond acceptors (Lipinski definition) is 8. The van der Waals surface area contributed by atoms with Crippen LogP contribution in [-0.2, 0) is 17.8 Å². The summed E-state index contributed by atoms with van der Waals surface area (Å²) in [6.07, 6.45) is 0.671. The van der Waals surface area contributed by atoms with Crippen molar-refractivity contribution in [2.45, 2.75) is 24.2 Å². The monoisotopic (exact) mass is 431 g/mol. The number of carbonyl (C=O) groups is 1. The quantitative estimate of drug-likeness (QED) is 0.507. The lowest BCUT2D eigenvalue weighted by molar-refractivity contribution is -0.128. The van der Waals surface area contributed by atoms with Gasteiger partial charge in [0.2, 0.25) is 11.1 Å². The second-order valence-corrected chi connectivity index (χ2v) is 8.55. The molecule has 8 nitrogen and oxygen atoms in total. The van der Waals surface area contributed by atoms with E-state index in [4.69, 9.17) is 9.47 Å². The number of likely N-dealkylation sites (N-methyl/N-ethyl adjacent to an activating group) is 1. The molecular weight excluding hydrogens is 410 g/mol. The highest BCUT2D eigenvalue weighted by molar-refractivity contribution is 7.99. The summed E-state index contributed by atoms with van der Waals surface area (Å²) < 4.78 is 13.4. The van der Waals surface area contributed by atoms with Crippen LogP contribution < -0.4 is 9.47 Å². The molecule has 2 aromatic heterocycles. The number of thioether (sulfide) groups is 1. The van der Waals surface area contributed by atoms with Gasteiger partial charge in [-0.25, -0.2) is 4.68 Å². The normalized spacial score (nSPS) is 15.3. The van der Waals surface area contributed by atoms with Crippen LogP contribution in [0.2, 0.25) is 0 Å². The second kappa shape index (κ2) is 9.27. The molecular formula is C19H21N5O3S2. The average Bonchev–Trinajstić information content (AvgIpc) is 3.42. The Morgan fingerprint density at radius 1 is 1.31 bits per heavy atom. The molecule has 152 valence electrons.